The van der Waals surface area contributed by atoms with Crippen LogP contribution in [0.5, 0.6) is 5.75 Å². The molecule has 1 aromatic carbocycles. The Kier molecular flexibility index (Phi) is 3.70. The first kappa shape index (κ1) is 13.8. The van der Waals surface area contributed by atoms with E-state index in [-0.39, 0.29) is 5.56 Å². The van der Waals surface area contributed by atoms with Gasteiger partial charge in [-0.15, -0.1) is 0 Å². The van der Waals surface area contributed by atoms with Crippen LogP contribution in [0.25, 0.3) is 10.9 Å². The van der Waals surface area contributed by atoms with Crippen molar-refractivity contribution < 1.29 is 9.53 Å². The predicted octanol–water partition coefficient (Wildman–Crippen LogP) is 4.38. The minimum Gasteiger partial charge on any atom is -0.497 e. The highest BCUT2D eigenvalue weighted by molar-refractivity contribution is 6.77. The van der Waals surface area contributed by atoms with Gasteiger partial charge in [0.05, 0.1) is 17.6 Å². The van der Waals surface area contributed by atoms with Gasteiger partial charge in [0, 0.05) is 23.2 Å². The number of rotatable bonds is 2. The van der Waals surface area contributed by atoms with E-state index in [1.165, 1.54) is 13.3 Å². The van der Waals surface area contributed by atoms with E-state index in [2.05, 4.69) is 4.98 Å². The van der Waals surface area contributed by atoms with Gasteiger partial charge >= 0.3 is 0 Å². The van der Waals surface area contributed by atoms with Crippen molar-refractivity contribution in [3.8, 4) is 5.75 Å². The quantitative estimate of drug-likeness (QED) is 0.657. The topological polar surface area (TPSA) is 42.1 Å². The van der Waals surface area contributed by atoms with Crippen LogP contribution >= 0.6 is 46.4 Å². The molecule has 1 N–H and O–H groups in total. The fourth-order valence-corrected chi connectivity index (χ4v) is 2.26. The number of benzene rings is 1. The smallest absolute Gasteiger partial charge is 0.253 e. The van der Waals surface area contributed by atoms with Gasteiger partial charge in [-0.3, -0.25) is 4.79 Å². The monoisotopic (exact) mass is 325 g/mol. The maximum atomic E-state index is 11.9. The average molecular weight is 327 g/mol. The molecule has 96 valence electrons. The third-order valence-corrected chi connectivity index (χ3v) is 3.26. The number of hydrogen-bond donors (Lipinski definition) is 1. The number of H-pyrrole nitrogens is 1. The molecule has 0 aliphatic heterocycles. The molecule has 2 rings (SSSR count). The summed E-state index contributed by atoms with van der Waals surface area (Å²) in [5.74, 6) is -0.0620. The Bertz CT molecular complexity index is 615. The molecular weight excluding hydrogens is 320 g/mol. The Morgan fingerprint density at radius 1 is 1.33 bits per heavy atom. The molecule has 0 radical (unpaired) electrons. The Hall–Kier alpha value is -0.610. The van der Waals surface area contributed by atoms with Crippen molar-refractivity contribution >= 4 is 63.1 Å². The van der Waals surface area contributed by atoms with Crippen LogP contribution in [0.15, 0.2) is 18.3 Å². The molecule has 0 unspecified atom stereocenters. The lowest BCUT2D eigenvalue weighted by Crippen LogP contribution is -2.18. The van der Waals surface area contributed by atoms with E-state index in [4.69, 9.17) is 51.1 Å². The maximum Gasteiger partial charge on any atom is 0.253 e. The highest BCUT2D eigenvalue weighted by Gasteiger charge is 2.33. The number of aromatic nitrogens is 1. The normalized spacial score (nSPS) is 11.8. The van der Waals surface area contributed by atoms with Crippen LogP contribution in [-0.2, 0) is 0 Å². The maximum absolute atomic E-state index is 11.9. The van der Waals surface area contributed by atoms with Crippen LogP contribution < -0.4 is 4.74 Å². The molecule has 0 saturated heterocycles. The van der Waals surface area contributed by atoms with Gasteiger partial charge in [-0.1, -0.05) is 46.4 Å². The summed E-state index contributed by atoms with van der Waals surface area (Å²) in [5.41, 5.74) is 0.870. The summed E-state index contributed by atoms with van der Waals surface area (Å²) < 4.78 is 3.06. The fourth-order valence-electron chi connectivity index (χ4n) is 1.64. The molecule has 1 aromatic heterocycles. The summed E-state index contributed by atoms with van der Waals surface area (Å²) in [7, 11) is 1.52. The molecule has 0 spiro atoms. The molecule has 0 fully saturated rings. The molecule has 0 bridgehead atoms. The number of carbonyl (C=O) groups is 1. The van der Waals surface area contributed by atoms with Crippen LogP contribution in [-0.4, -0.2) is 21.7 Å². The van der Waals surface area contributed by atoms with Gasteiger partial charge in [0.2, 0.25) is 5.78 Å². The highest BCUT2D eigenvalue weighted by atomic mass is 35.6. The number of methoxy groups -OCH3 is 1. The minimum absolute atomic E-state index is 0.234. The zero-order valence-electron chi connectivity index (χ0n) is 9.06. The molecule has 0 amide bonds. The third kappa shape index (κ3) is 2.41. The van der Waals surface area contributed by atoms with E-state index in [1.54, 1.807) is 12.1 Å². The lowest BCUT2D eigenvalue weighted by Gasteiger charge is -2.09. The first-order valence-corrected chi connectivity index (χ1v) is 6.32. The number of nitrogens with one attached hydrogen (secondary N) is 1. The number of aromatic amines is 1. The SMILES string of the molecule is COc1cc(Cl)c2c(C(=O)C(Cl)(Cl)Cl)c[nH]c2c1. The first-order chi connectivity index (χ1) is 8.34. The number of alkyl halides is 3. The molecule has 0 saturated carbocycles. The molecule has 7 heteroatoms. The molecule has 0 aliphatic rings. The van der Waals surface area contributed by atoms with Gasteiger partial charge in [0.15, 0.2) is 0 Å². The summed E-state index contributed by atoms with van der Waals surface area (Å²) in [5, 5.41) is 0.858. The van der Waals surface area contributed by atoms with Crippen LogP contribution in [0.4, 0.5) is 0 Å². The van der Waals surface area contributed by atoms with Gasteiger partial charge in [-0.2, -0.15) is 0 Å². The third-order valence-electron chi connectivity index (χ3n) is 2.44. The van der Waals surface area contributed by atoms with Crippen molar-refractivity contribution in [1.82, 2.24) is 4.98 Å². The van der Waals surface area contributed by atoms with Crippen LogP contribution in [0.3, 0.4) is 0 Å². The predicted molar refractivity (Wildman–Crippen MR) is 74.5 cm³/mol. The molecule has 18 heavy (non-hydrogen) atoms. The summed E-state index contributed by atoms with van der Waals surface area (Å²) in [4.78, 5) is 14.8. The Labute approximate surface area is 123 Å². The summed E-state index contributed by atoms with van der Waals surface area (Å²) in [6, 6.07) is 3.29. The number of Topliss-reactive ketones (excluding diaryl/α,β-unsaturated/α-hetero) is 1. The Morgan fingerprint density at radius 2 is 2.00 bits per heavy atom. The van der Waals surface area contributed by atoms with Crippen molar-refractivity contribution in [3.05, 3.63) is 28.9 Å². The molecule has 0 atom stereocenters. The number of fused-ring (bicyclic) bond motifs is 1. The summed E-state index contributed by atoms with van der Waals surface area (Å²) in [6.07, 6.45) is 1.46. The summed E-state index contributed by atoms with van der Waals surface area (Å²) in [6.45, 7) is 0. The standard InChI is InChI=1S/C11H7Cl4NO2/c1-18-5-2-7(12)9-6(4-16-8(9)3-5)10(17)11(13,14)15/h2-4,16H,1H3. The van der Waals surface area contributed by atoms with E-state index in [0.717, 1.165) is 0 Å². The van der Waals surface area contributed by atoms with Crippen molar-refractivity contribution in [2.24, 2.45) is 0 Å². The Balaban J connectivity index is 2.65. The van der Waals surface area contributed by atoms with Gasteiger partial charge in [0.25, 0.3) is 3.79 Å². The van der Waals surface area contributed by atoms with E-state index in [0.29, 0.717) is 21.7 Å². The second-order valence-corrected chi connectivity index (χ2v) is 6.25. The van der Waals surface area contributed by atoms with Crippen molar-refractivity contribution in [2.45, 2.75) is 3.79 Å². The molecule has 0 aliphatic carbocycles. The van der Waals surface area contributed by atoms with Crippen molar-refractivity contribution in [2.75, 3.05) is 7.11 Å². The number of ketones is 1. The lowest BCUT2D eigenvalue weighted by atomic mass is 10.1. The zero-order valence-corrected chi connectivity index (χ0v) is 12.1. The summed E-state index contributed by atoms with van der Waals surface area (Å²) >= 11 is 22.9. The number of halogens is 4. The van der Waals surface area contributed by atoms with Crippen LogP contribution in [0.2, 0.25) is 5.02 Å². The number of hydrogen-bond acceptors (Lipinski definition) is 2. The van der Waals surface area contributed by atoms with E-state index >= 15 is 0 Å². The molecule has 2 aromatic rings. The lowest BCUT2D eigenvalue weighted by molar-refractivity contribution is 0.0998. The van der Waals surface area contributed by atoms with Crippen LogP contribution in [0, 0.1) is 0 Å². The first-order valence-electron chi connectivity index (χ1n) is 4.80. The Morgan fingerprint density at radius 3 is 2.56 bits per heavy atom. The minimum atomic E-state index is -2.02. The largest absolute Gasteiger partial charge is 0.497 e. The average Bonchev–Trinajstić information content (AvgIpc) is 2.70. The van der Waals surface area contributed by atoms with Crippen molar-refractivity contribution in [3.63, 3.8) is 0 Å². The zero-order chi connectivity index (χ0) is 13.5. The highest BCUT2D eigenvalue weighted by Crippen LogP contribution is 2.37. The molecule has 1 heterocycles. The number of ether oxygens (including phenoxy) is 1. The van der Waals surface area contributed by atoms with Gasteiger partial charge in [-0.05, 0) is 6.07 Å². The van der Waals surface area contributed by atoms with E-state index < -0.39 is 9.58 Å². The fraction of sp³-hybridized carbons (Fsp3) is 0.182. The molecule has 3 nitrogen and oxygen atoms in total. The van der Waals surface area contributed by atoms with Gasteiger partial charge in [-0.25, -0.2) is 0 Å². The molecular formula is C11H7Cl4NO2. The van der Waals surface area contributed by atoms with Gasteiger partial charge < -0.3 is 9.72 Å². The van der Waals surface area contributed by atoms with Crippen LogP contribution in [0.1, 0.15) is 10.4 Å². The second-order valence-electron chi connectivity index (χ2n) is 3.56. The number of carbonyl (C=O) groups excluding carboxylic acids is 1. The van der Waals surface area contributed by atoms with Crippen molar-refractivity contribution in [1.29, 1.82) is 0 Å². The van der Waals surface area contributed by atoms with E-state index in [9.17, 15) is 4.79 Å². The second kappa shape index (κ2) is 4.82. The van der Waals surface area contributed by atoms with E-state index in [1.807, 2.05) is 0 Å². The van der Waals surface area contributed by atoms with Gasteiger partial charge in [0.1, 0.15) is 5.75 Å².